The minimum atomic E-state index is -0.870. The van der Waals surface area contributed by atoms with Crippen LogP contribution >= 0.6 is 0 Å². The number of halogens is 2. The topological polar surface area (TPSA) is 87.9 Å². The molecule has 0 aliphatic carbocycles. The molecule has 3 heterocycles. The molecule has 2 aromatic carbocycles. The Balaban J connectivity index is 1.25. The Hall–Kier alpha value is -4.47. The van der Waals surface area contributed by atoms with E-state index in [0.717, 1.165) is 23.3 Å². The summed E-state index contributed by atoms with van der Waals surface area (Å²) in [6, 6.07) is 15.4. The van der Waals surface area contributed by atoms with Crippen LogP contribution in [-0.2, 0) is 4.79 Å². The predicted octanol–water partition coefficient (Wildman–Crippen LogP) is 4.09. The molecular formula is C26H22F2N4O4. The summed E-state index contributed by atoms with van der Waals surface area (Å²) in [5.74, 6) is -0.889. The van der Waals surface area contributed by atoms with Crippen molar-refractivity contribution in [3.63, 3.8) is 0 Å². The number of nitrogens with one attached hydrogen (secondary N) is 1. The van der Waals surface area contributed by atoms with E-state index >= 15 is 0 Å². The van der Waals surface area contributed by atoms with Crippen LogP contribution in [0.3, 0.4) is 0 Å². The molecule has 1 fully saturated rings. The summed E-state index contributed by atoms with van der Waals surface area (Å²) in [4.78, 5) is 33.4. The highest BCUT2D eigenvalue weighted by molar-refractivity contribution is 5.93. The summed E-state index contributed by atoms with van der Waals surface area (Å²) in [6.45, 7) is 1.86. The van der Waals surface area contributed by atoms with Gasteiger partial charge in [0.15, 0.2) is 12.4 Å². The van der Waals surface area contributed by atoms with Gasteiger partial charge < -0.3 is 24.3 Å². The van der Waals surface area contributed by atoms with Crippen LogP contribution in [0.25, 0.3) is 10.9 Å². The first-order valence-electron chi connectivity index (χ1n) is 11.3. The molecule has 8 nitrogen and oxygen atoms in total. The number of pyridine rings is 1. The molecule has 5 rings (SSSR count). The van der Waals surface area contributed by atoms with Gasteiger partial charge in [0.2, 0.25) is 0 Å². The van der Waals surface area contributed by atoms with Gasteiger partial charge in [0.25, 0.3) is 11.8 Å². The van der Waals surface area contributed by atoms with E-state index in [1.54, 1.807) is 29.2 Å². The third-order valence-electron chi connectivity index (χ3n) is 5.86. The van der Waals surface area contributed by atoms with Gasteiger partial charge in [-0.25, -0.2) is 13.8 Å². The highest BCUT2D eigenvalue weighted by Gasteiger charge is 2.24. The Kier molecular flexibility index (Phi) is 6.48. The van der Waals surface area contributed by atoms with Crippen molar-refractivity contribution in [1.82, 2.24) is 9.88 Å². The van der Waals surface area contributed by atoms with Crippen molar-refractivity contribution in [2.24, 2.45) is 0 Å². The molecule has 2 amide bonds. The van der Waals surface area contributed by atoms with Gasteiger partial charge in [-0.05, 0) is 42.5 Å². The average molecular weight is 492 g/mol. The number of amides is 2. The van der Waals surface area contributed by atoms with Gasteiger partial charge in [0, 0.05) is 37.6 Å². The van der Waals surface area contributed by atoms with Gasteiger partial charge in [0.1, 0.15) is 28.7 Å². The van der Waals surface area contributed by atoms with E-state index in [4.69, 9.17) is 14.1 Å². The number of anilines is 2. The summed E-state index contributed by atoms with van der Waals surface area (Å²) in [5.41, 5.74) is 0.442. The lowest BCUT2D eigenvalue weighted by Crippen LogP contribution is -2.49. The van der Waals surface area contributed by atoms with Crippen LogP contribution in [0.15, 0.2) is 71.3 Å². The molecule has 2 aromatic heterocycles. The third kappa shape index (κ3) is 4.97. The fourth-order valence-corrected chi connectivity index (χ4v) is 4.02. The number of furan rings is 1. The van der Waals surface area contributed by atoms with Crippen molar-refractivity contribution in [1.29, 1.82) is 0 Å². The smallest absolute Gasteiger partial charge is 0.289 e. The van der Waals surface area contributed by atoms with Crippen molar-refractivity contribution >= 4 is 34.2 Å². The van der Waals surface area contributed by atoms with Gasteiger partial charge in [-0.15, -0.1) is 0 Å². The van der Waals surface area contributed by atoms with E-state index in [1.807, 2.05) is 18.2 Å². The normalized spacial score (nSPS) is 13.6. The van der Waals surface area contributed by atoms with Crippen molar-refractivity contribution in [2.45, 2.75) is 0 Å². The first-order valence-corrected chi connectivity index (χ1v) is 11.3. The molecule has 0 unspecified atom stereocenters. The van der Waals surface area contributed by atoms with E-state index in [0.29, 0.717) is 49.3 Å². The summed E-state index contributed by atoms with van der Waals surface area (Å²) in [6.07, 6.45) is 1.48. The number of aromatic nitrogens is 1. The zero-order valence-corrected chi connectivity index (χ0v) is 19.1. The zero-order valence-electron chi connectivity index (χ0n) is 19.1. The Bertz CT molecular complexity index is 1400. The molecule has 184 valence electrons. The van der Waals surface area contributed by atoms with Crippen LogP contribution in [0.4, 0.5) is 20.3 Å². The SMILES string of the molecule is O=C(COc1cccc2ccc(N3CCN(C(=O)c4ccco4)CC3)nc12)Nc1ccc(F)cc1F. The second kappa shape index (κ2) is 10.0. The van der Waals surface area contributed by atoms with Crippen LogP contribution in [0.5, 0.6) is 5.75 Å². The lowest BCUT2D eigenvalue weighted by Gasteiger charge is -2.35. The third-order valence-corrected chi connectivity index (χ3v) is 5.86. The van der Waals surface area contributed by atoms with Crippen molar-refractivity contribution < 1.29 is 27.5 Å². The number of carbonyl (C=O) groups excluding carboxylic acids is 2. The minimum Gasteiger partial charge on any atom is -0.481 e. The molecule has 1 aliphatic rings. The van der Waals surface area contributed by atoms with E-state index < -0.39 is 17.5 Å². The van der Waals surface area contributed by atoms with E-state index in [1.165, 1.54) is 6.26 Å². The molecule has 0 atom stereocenters. The molecule has 0 spiro atoms. The minimum absolute atomic E-state index is 0.131. The van der Waals surface area contributed by atoms with Crippen LogP contribution in [-0.4, -0.2) is 54.5 Å². The molecule has 1 aliphatic heterocycles. The summed E-state index contributed by atoms with van der Waals surface area (Å²) < 4.78 is 37.8. The number of hydrogen-bond acceptors (Lipinski definition) is 6. The number of ether oxygens (including phenoxy) is 1. The van der Waals surface area contributed by atoms with E-state index in [-0.39, 0.29) is 18.2 Å². The number of carbonyl (C=O) groups is 2. The fraction of sp³-hybridized carbons (Fsp3) is 0.192. The number of fused-ring (bicyclic) bond motifs is 1. The number of benzene rings is 2. The monoisotopic (exact) mass is 492 g/mol. The molecule has 10 heteroatoms. The second-order valence-electron chi connectivity index (χ2n) is 8.21. The number of rotatable bonds is 6. The molecule has 0 bridgehead atoms. The van der Waals surface area contributed by atoms with Crippen LogP contribution in [0.1, 0.15) is 10.6 Å². The first kappa shape index (κ1) is 23.3. The van der Waals surface area contributed by atoms with Gasteiger partial charge >= 0.3 is 0 Å². The van der Waals surface area contributed by atoms with Gasteiger partial charge in [0.05, 0.1) is 12.0 Å². The molecule has 1 N–H and O–H groups in total. The highest BCUT2D eigenvalue weighted by Crippen LogP contribution is 2.27. The zero-order chi connectivity index (χ0) is 25.1. The van der Waals surface area contributed by atoms with E-state index in [2.05, 4.69) is 10.2 Å². The standard InChI is InChI=1S/C26H22F2N4O4/c27-18-7-8-20(19(28)15-18)29-24(33)16-36-21-4-1-3-17-6-9-23(30-25(17)21)31-10-12-32(13-11-31)26(34)22-5-2-14-35-22/h1-9,14-15H,10-13,16H2,(H,29,33). The first-order chi connectivity index (χ1) is 17.5. The van der Waals surface area contributed by atoms with Crippen LogP contribution in [0, 0.1) is 11.6 Å². The average Bonchev–Trinajstić information content (AvgIpc) is 3.44. The number of piperazine rings is 1. The van der Waals surface area contributed by atoms with Crippen LogP contribution < -0.4 is 15.0 Å². The Morgan fingerprint density at radius 1 is 1.00 bits per heavy atom. The molecule has 0 radical (unpaired) electrons. The lowest BCUT2D eigenvalue weighted by molar-refractivity contribution is -0.118. The maximum atomic E-state index is 13.8. The van der Waals surface area contributed by atoms with E-state index in [9.17, 15) is 18.4 Å². The second-order valence-corrected chi connectivity index (χ2v) is 8.21. The largest absolute Gasteiger partial charge is 0.481 e. The summed E-state index contributed by atoms with van der Waals surface area (Å²) in [7, 11) is 0. The quantitative estimate of drug-likeness (QED) is 0.436. The predicted molar refractivity (Wildman–Crippen MR) is 129 cm³/mol. The maximum Gasteiger partial charge on any atom is 0.289 e. The summed E-state index contributed by atoms with van der Waals surface area (Å²) in [5, 5.41) is 3.20. The lowest BCUT2D eigenvalue weighted by atomic mass is 10.2. The number of para-hydroxylation sites is 1. The molecule has 1 saturated heterocycles. The number of hydrogen-bond donors (Lipinski definition) is 1. The van der Waals surface area contributed by atoms with Gasteiger partial charge in [-0.3, -0.25) is 9.59 Å². The van der Waals surface area contributed by atoms with Crippen LogP contribution in [0.2, 0.25) is 0 Å². The van der Waals surface area contributed by atoms with Crippen molar-refractivity contribution in [3.05, 3.63) is 84.3 Å². The van der Waals surface area contributed by atoms with Gasteiger partial charge in [-0.1, -0.05) is 12.1 Å². The molecule has 0 saturated carbocycles. The summed E-state index contributed by atoms with van der Waals surface area (Å²) >= 11 is 0. The Morgan fingerprint density at radius 3 is 2.58 bits per heavy atom. The highest BCUT2D eigenvalue weighted by atomic mass is 19.1. The van der Waals surface area contributed by atoms with Crippen molar-refractivity contribution in [2.75, 3.05) is 43.0 Å². The Labute approximate surface area is 205 Å². The Morgan fingerprint density at radius 2 is 1.83 bits per heavy atom. The molecule has 4 aromatic rings. The van der Waals surface area contributed by atoms with Gasteiger partial charge in [-0.2, -0.15) is 0 Å². The number of nitrogens with zero attached hydrogens (tertiary/aromatic N) is 3. The molecule has 36 heavy (non-hydrogen) atoms. The maximum absolute atomic E-state index is 13.8. The fourth-order valence-electron chi connectivity index (χ4n) is 4.02. The molecular weight excluding hydrogens is 470 g/mol. The van der Waals surface area contributed by atoms with Crippen molar-refractivity contribution in [3.8, 4) is 5.75 Å².